The zero-order valence-corrected chi connectivity index (χ0v) is 20.8. The Bertz CT molecular complexity index is 1280. The van der Waals surface area contributed by atoms with Crippen molar-refractivity contribution < 1.29 is 13.2 Å². The minimum Gasteiger partial charge on any atom is -0.467 e. The number of pyridine rings is 1. The van der Waals surface area contributed by atoms with Crippen molar-refractivity contribution in [3.05, 3.63) is 36.0 Å². The Morgan fingerprint density at radius 2 is 1.89 bits per heavy atom. The number of piperazine rings is 1. The first-order chi connectivity index (χ1) is 16.6. The summed E-state index contributed by atoms with van der Waals surface area (Å²) in [6, 6.07) is 2.25. The molecule has 186 valence electrons. The number of aromatic nitrogens is 6. The Labute approximate surface area is 203 Å². The molecule has 0 saturated carbocycles. The van der Waals surface area contributed by atoms with E-state index in [-0.39, 0.29) is 18.0 Å². The van der Waals surface area contributed by atoms with Crippen molar-refractivity contribution >= 4 is 27.5 Å². The first-order valence-electron chi connectivity index (χ1n) is 10.9. The fourth-order valence-corrected chi connectivity index (χ4v) is 4.74. The van der Waals surface area contributed by atoms with Crippen LogP contribution in [0.2, 0.25) is 0 Å². The van der Waals surface area contributed by atoms with Gasteiger partial charge >= 0.3 is 6.01 Å². The number of nitrogens with zero attached hydrogens (tertiary/aromatic N) is 8. The molecule has 4 rings (SSSR count). The van der Waals surface area contributed by atoms with Gasteiger partial charge in [0, 0.05) is 38.4 Å². The molecule has 1 saturated heterocycles. The maximum atomic E-state index is 11.9. The molecule has 14 heteroatoms. The molecular weight excluding hydrogens is 472 g/mol. The van der Waals surface area contributed by atoms with E-state index >= 15 is 0 Å². The van der Waals surface area contributed by atoms with Crippen LogP contribution in [0.5, 0.6) is 6.01 Å². The van der Waals surface area contributed by atoms with E-state index < -0.39 is 10.0 Å². The van der Waals surface area contributed by atoms with Crippen molar-refractivity contribution in [3.63, 3.8) is 0 Å². The highest BCUT2D eigenvalue weighted by Gasteiger charge is 2.29. The quantitative estimate of drug-likeness (QED) is 0.470. The zero-order chi connectivity index (χ0) is 25.2. The van der Waals surface area contributed by atoms with E-state index in [2.05, 4.69) is 40.1 Å². The lowest BCUT2D eigenvalue weighted by Crippen LogP contribution is -2.52. The van der Waals surface area contributed by atoms with Crippen LogP contribution >= 0.6 is 0 Å². The number of nitrogens with two attached hydrogens (primary N) is 1. The minimum atomic E-state index is -3.21. The molecule has 3 aromatic heterocycles. The number of anilines is 3. The van der Waals surface area contributed by atoms with E-state index in [1.165, 1.54) is 17.7 Å². The number of aryl methyl sites for hydroxylation is 1. The maximum Gasteiger partial charge on any atom is 0.316 e. The van der Waals surface area contributed by atoms with Crippen LogP contribution in [0, 0.1) is 6.92 Å². The van der Waals surface area contributed by atoms with Crippen LogP contribution in [-0.4, -0.2) is 86.6 Å². The second kappa shape index (κ2) is 10.0. The molecule has 1 aliphatic heterocycles. The normalized spacial score (nSPS) is 17.3. The first-order valence-corrected chi connectivity index (χ1v) is 12.8. The van der Waals surface area contributed by atoms with Crippen LogP contribution in [-0.2, 0) is 16.6 Å². The van der Waals surface area contributed by atoms with Crippen LogP contribution in [0.15, 0.2) is 24.7 Å². The van der Waals surface area contributed by atoms with Crippen molar-refractivity contribution in [1.29, 1.82) is 0 Å². The number of hydrogen-bond donors (Lipinski definition) is 2. The van der Waals surface area contributed by atoms with E-state index in [1.54, 1.807) is 25.5 Å². The molecular formula is C21H28N10O3S. The van der Waals surface area contributed by atoms with Crippen molar-refractivity contribution in [2.45, 2.75) is 26.4 Å². The van der Waals surface area contributed by atoms with E-state index in [0.29, 0.717) is 54.9 Å². The maximum absolute atomic E-state index is 11.9. The molecule has 0 aliphatic carbocycles. The standard InChI is InChI=1S/C21H28N10O3S/c1-13-11-31(35(4,32)33)6-5-30(13)12-15-7-17(19-26-14(2)27-20(22)29-19)18(23-8-15)28-16-9-24-21(34-3)25-10-16/h7-10,13H,5-6,11-12H2,1-4H3,(H,23,28)(H2,22,26,27,29)/t13-/m0/s1. The van der Waals surface area contributed by atoms with Gasteiger partial charge in [0.25, 0.3) is 0 Å². The van der Waals surface area contributed by atoms with Crippen molar-refractivity contribution in [2.75, 3.05) is 44.1 Å². The van der Waals surface area contributed by atoms with Gasteiger partial charge in [-0.05, 0) is 25.5 Å². The zero-order valence-electron chi connectivity index (χ0n) is 20.0. The summed E-state index contributed by atoms with van der Waals surface area (Å²) in [6.07, 6.45) is 6.18. The summed E-state index contributed by atoms with van der Waals surface area (Å²) in [7, 11) is -1.72. The minimum absolute atomic E-state index is 0.0474. The number of ether oxygens (including phenoxy) is 1. The van der Waals surface area contributed by atoms with Gasteiger partial charge in [0.05, 0.1) is 37.0 Å². The van der Waals surface area contributed by atoms with Gasteiger partial charge in [-0.25, -0.2) is 28.4 Å². The summed E-state index contributed by atoms with van der Waals surface area (Å²) in [5.74, 6) is 1.49. The lowest BCUT2D eigenvalue weighted by molar-refractivity contribution is 0.122. The fraction of sp³-hybridized carbons (Fsp3) is 0.429. The fourth-order valence-electron chi connectivity index (χ4n) is 3.84. The summed E-state index contributed by atoms with van der Waals surface area (Å²) in [6.45, 7) is 5.85. The topological polar surface area (TPSA) is 165 Å². The first kappa shape index (κ1) is 24.6. The Morgan fingerprint density at radius 3 is 2.51 bits per heavy atom. The lowest BCUT2D eigenvalue weighted by atomic mass is 10.1. The molecule has 0 radical (unpaired) electrons. The second-order valence-electron chi connectivity index (χ2n) is 8.33. The molecule has 0 amide bonds. The Morgan fingerprint density at radius 1 is 1.14 bits per heavy atom. The molecule has 1 atom stereocenters. The average molecular weight is 501 g/mol. The summed E-state index contributed by atoms with van der Waals surface area (Å²) < 4.78 is 30.4. The number of nitrogen functional groups attached to an aromatic ring is 1. The highest BCUT2D eigenvalue weighted by Crippen LogP contribution is 2.28. The molecule has 0 aromatic carbocycles. The van der Waals surface area contributed by atoms with Gasteiger partial charge in [-0.2, -0.15) is 14.3 Å². The largest absolute Gasteiger partial charge is 0.467 e. The van der Waals surface area contributed by atoms with E-state index in [9.17, 15) is 8.42 Å². The molecule has 4 heterocycles. The second-order valence-corrected chi connectivity index (χ2v) is 10.3. The molecule has 35 heavy (non-hydrogen) atoms. The van der Waals surface area contributed by atoms with Crippen molar-refractivity contribution in [3.8, 4) is 17.4 Å². The summed E-state index contributed by atoms with van der Waals surface area (Å²) in [5.41, 5.74) is 8.06. The predicted octanol–water partition coefficient (Wildman–Crippen LogP) is 0.832. The van der Waals surface area contributed by atoms with Crippen LogP contribution in [0.1, 0.15) is 18.3 Å². The number of hydrogen-bond acceptors (Lipinski definition) is 12. The SMILES string of the molecule is COc1ncc(Nc2ncc(CN3CCN(S(C)(=O)=O)C[C@@H]3C)cc2-c2nc(C)nc(N)n2)cn1. The molecule has 13 nitrogen and oxygen atoms in total. The highest BCUT2D eigenvalue weighted by molar-refractivity contribution is 7.88. The summed E-state index contributed by atoms with van der Waals surface area (Å²) in [5, 5.41) is 3.20. The van der Waals surface area contributed by atoms with Crippen molar-refractivity contribution in [1.82, 2.24) is 39.1 Å². The number of nitrogens with one attached hydrogen (secondary N) is 1. The van der Waals surface area contributed by atoms with Crippen LogP contribution in [0.4, 0.5) is 17.5 Å². The monoisotopic (exact) mass is 500 g/mol. The van der Waals surface area contributed by atoms with E-state index in [1.807, 2.05) is 13.0 Å². The number of sulfonamides is 1. The Hall–Kier alpha value is -3.49. The average Bonchev–Trinajstić information content (AvgIpc) is 2.80. The third kappa shape index (κ3) is 5.96. The summed E-state index contributed by atoms with van der Waals surface area (Å²) >= 11 is 0. The third-order valence-corrected chi connectivity index (χ3v) is 6.88. The molecule has 0 spiro atoms. The molecule has 3 N–H and O–H groups in total. The van der Waals surface area contributed by atoms with Crippen LogP contribution in [0.3, 0.4) is 0 Å². The third-order valence-electron chi connectivity index (χ3n) is 5.61. The van der Waals surface area contributed by atoms with Crippen LogP contribution < -0.4 is 15.8 Å². The van der Waals surface area contributed by atoms with Gasteiger partial charge in [0.15, 0.2) is 5.82 Å². The number of methoxy groups -OCH3 is 1. The molecule has 1 fully saturated rings. The summed E-state index contributed by atoms with van der Waals surface area (Å²) in [4.78, 5) is 27.9. The number of rotatable bonds is 7. The molecule has 1 aliphatic rings. The Kier molecular flexibility index (Phi) is 7.05. The van der Waals surface area contributed by atoms with Gasteiger partial charge in [-0.3, -0.25) is 4.90 Å². The smallest absolute Gasteiger partial charge is 0.316 e. The van der Waals surface area contributed by atoms with Gasteiger partial charge in [0.1, 0.15) is 11.6 Å². The Balaban J connectivity index is 1.63. The van der Waals surface area contributed by atoms with Gasteiger partial charge in [-0.15, -0.1) is 0 Å². The van der Waals surface area contributed by atoms with Gasteiger partial charge in [-0.1, -0.05) is 0 Å². The highest BCUT2D eigenvalue weighted by atomic mass is 32.2. The van der Waals surface area contributed by atoms with E-state index in [0.717, 1.165) is 5.56 Å². The molecule has 0 unspecified atom stereocenters. The molecule has 0 bridgehead atoms. The van der Waals surface area contributed by atoms with Crippen LogP contribution in [0.25, 0.3) is 11.4 Å². The van der Waals surface area contributed by atoms with Gasteiger partial charge < -0.3 is 15.8 Å². The van der Waals surface area contributed by atoms with Crippen molar-refractivity contribution in [2.24, 2.45) is 0 Å². The predicted molar refractivity (Wildman–Crippen MR) is 130 cm³/mol. The lowest BCUT2D eigenvalue weighted by Gasteiger charge is -2.38. The van der Waals surface area contributed by atoms with E-state index in [4.69, 9.17) is 10.5 Å². The van der Waals surface area contributed by atoms with Gasteiger partial charge in [0.2, 0.25) is 16.0 Å². The molecule has 3 aromatic rings.